The minimum atomic E-state index is -0.420. The van der Waals surface area contributed by atoms with Gasteiger partial charge in [0.25, 0.3) is 0 Å². The third kappa shape index (κ3) is 4.39. The average molecular weight is 228 g/mol. The molecule has 1 saturated carbocycles. The van der Waals surface area contributed by atoms with Crippen LogP contribution >= 0.6 is 0 Å². The van der Waals surface area contributed by atoms with Crippen LogP contribution in [0.3, 0.4) is 0 Å². The topological polar surface area (TPSA) is 61.4 Å². The highest BCUT2D eigenvalue weighted by atomic mass is 16.3. The highest BCUT2D eigenvalue weighted by Gasteiger charge is 2.24. The minimum absolute atomic E-state index is 0.145. The molecule has 2 amide bonds. The lowest BCUT2D eigenvalue weighted by molar-refractivity contribution is 0.159. The monoisotopic (exact) mass is 228 g/mol. The van der Waals surface area contributed by atoms with Crippen LogP contribution in [0.25, 0.3) is 0 Å². The normalized spacial score (nSPS) is 26.4. The fourth-order valence-corrected chi connectivity index (χ4v) is 2.23. The molecule has 16 heavy (non-hydrogen) atoms. The molecule has 4 heteroatoms. The van der Waals surface area contributed by atoms with E-state index in [0.717, 1.165) is 19.3 Å². The maximum atomic E-state index is 11.5. The van der Waals surface area contributed by atoms with Crippen molar-refractivity contribution in [1.82, 2.24) is 10.6 Å². The lowest BCUT2D eigenvalue weighted by Crippen LogP contribution is -2.45. The van der Waals surface area contributed by atoms with E-state index in [4.69, 9.17) is 0 Å². The predicted octanol–water partition coefficient (Wildman–Crippen LogP) is 1.64. The van der Waals surface area contributed by atoms with Crippen LogP contribution < -0.4 is 10.6 Å². The highest BCUT2D eigenvalue weighted by molar-refractivity contribution is 5.74. The number of carbonyl (C=O) groups is 1. The van der Waals surface area contributed by atoms with Crippen molar-refractivity contribution in [2.24, 2.45) is 5.92 Å². The number of hydrogen-bond donors (Lipinski definition) is 3. The van der Waals surface area contributed by atoms with Crippen LogP contribution in [-0.2, 0) is 0 Å². The fraction of sp³-hybridized carbons (Fsp3) is 0.917. The SMILES string of the molecule is CCCC(O)CNC(=O)NC1CCCC1C. The van der Waals surface area contributed by atoms with Gasteiger partial charge >= 0.3 is 6.03 Å². The number of aliphatic hydroxyl groups excluding tert-OH is 1. The van der Waals surface area contributed by atoms with Gasteiger partial charge in [0.1, 0.15) is 0 Å². The number of hydrogen-bond acceptors (Lipinski definition) is 2. The summed E-state index contributed by atoms with van der Waals surface area (Å²) in [5.74, 6) is 0.575. The van der Waals surface area contributed by atoms with Gasteiger partial charge in [-0.15, -0.1) is 0 Å². The molecule has 3 unspecified atom stereocenters. The molecule has 0 radical (unpaired) electrons. The van der Waals surface area contributed by atoms with E-state index < -0.39 is 6.10 Å². The molecule has 0 aliphatic heterocycles. The first-order chi connectivity index (χ1) is 7.63. The van der Waals surface area contributed by atoms with Gasteiger partial charge in [0.05, 0.1) is 6.10 Å². The van der Waals surface area contributed by atoms with E-state index in [0.29, 0.717) is 18.5 Å². The second kappa shape index (κ2) is 6.74. The largest absolute Gasteiger partial charge is 0.391 e. The van der Waals surface area contributed by atoms with Crippen molar-refractivity contribution in [3.63, 3.8) is 0 Å². The van der Waals surface area contributed by atoms with Gasteiger partial charge in [0.2, 0.25) is 0 Å². The lowest BCUT2D eigenvalue weighted by atomic mass is 10.1. The molecule has 1 aliphatic carbocycles. The molecule has 3 N–H and O–H groups in total. The average Bonchev–Trinajstić information content (AvgIpc) is 2.62. The molecule has 0 aromatic rings. The summed E-state index contributed by atoms with van der Waals surface area (Å²) in [6.07, 6.45) is 4.72. The van der Waals surface area contributed by atoms with Crippen molar-refractivity contribution in [3.05, 3.63) is 0 Å². The zero-order valence-corrected chi connectivity index (χ0v) is 10.3. The third-order valence-corrected chi connectivity index (χ3v) is 3.30. The van der Waals surface area contributed by atoms with Crippen molar-refractivity contribution < 1.29 is 9.90 Å². The Balaban J connectivity index is 2.15. The maximum absolute atomic E-state index is 11.5. The zero-order valence-electron chi connectivity index (χ0n) is 10.3. The van der Waals surface area contributed by atoms with Crippen LogP contribution in [-0.4, -0.2) is 29.8 Å². The first-order valence-electron chi connectivity index (χ1n) is 6.36. The van der Waals surface area contributed by atoms with Gasteiger partial charge < -0.3 is 15.7 Å². The highest BCUT2D eigenvalue weighted by Crippen LogP contribution is 2.24. The summed E-state index contributed by atoms with van der Waals surface area (Å²) in [5, 5.41) is 15.1. The molecule has 1 rings (SSSR count). The van der Waals surface area contributed by atoms with Crippen LogP contribution in [0, 0.1) is 5.92 Å². The first-order valence-corrected chi connectivity index (χ1v) is 6.36. The van der Waals surface area contributed by atoms with Gasteiger partial charge in [-0.05, 0) is 25.2 Å². The van der Waals surface area contributed by atoms with E-state index in [1.807, 2.05) is 6.92 Å². The Morgan fingerprint density at radius 3 is 2.81 bits per heavy atom. The standard InChI is InChI=1S/C12H24N2O2/c1-3-5-10(15)8-13-12(16)14-11-7-4-6-9(11)2/h9-11,15H,3-8H2,1-2H3,(H2,13,14,16). The first kappa shape index (κ1) is 13.3. The van der Waals surface area contributed by atoms with Gasteiger partial charge in [-0.3, -0.25) is 0 Å². The molecule has 0 bridgehead atoms. The van der Waals surface area contributed by atoms with E-state index in [9.17, 15) is 9.90 Å². The quantitative estimate of drug-likeness (QED) is 0.670. The molecule has 0 heterocycles. The molecule has 1 aliphatic rings. The predicted molar refractivity (Wildman–Crippen MR) is 64.3 cm³/mol. The molecular weight excluding hydrogens is 204 g/mol. The number of amides is 2. The van der Waals surface area contributed by atoms with Crippen LogP contribution in [0.15, 0.2) is 0 Å². The smallest absolute Gasteiger partial charge is 0.315 e. The number of rotatable bonds is 5. The summed E-state index contributed by atoms with van der Waals surface area (Å²) in [6.45, 7) is 4.54. The molecule has 1 fully saturated rings. The summed E-state index contributed by atoms with van der Waals surface area (Å²) in [7, 11) is 0. The molecule has 0 aromatic carbocycles. The molecule has 0 saturated heterocycles. The molecule has 0 spiro atoms. The number of carbonyl (C=O) groups excluding carboxylic acids is 1. The van der Waals surface area contributed by atoms with Crippen LogP contribution in [0.1, 0.15) is 46.0 Å². The Bertz CT molecular complexity index is 221. The Morgan fingerprint density at radius 2 is 2.25 bits per heavy atom. The molecule has 0 aromatic heterocycles. The summed E-state index contributed by atoms with van der Waals surface area (Å²) >= 11 is 0. The van der Waals surface area contributed by atoms with Gasteiger partial charge in [-0.25, -0.2) is 4.79 Å². The van der Waals surface area contributed by atoms with Gasteiger partial charge in [0, 0.05) is 12.6 Å². The lowest BCUT2D eigenvalue weighted by Gasteiger charge is -2.18. The molecule has 4 nitrogen and oxygen atoms in total. The van der Waals surface area contributed by atoms with Crippen molar-refractivity contribution in [2.45, 2.75) is 58.1 Å². The molecular formula is C12H24N2O2. The van der Waals surface area contributed by atoms with Crippen molar-refractivity contribution >= 4 is 6.03 Å². The summed E-state index contributed by atoms with van der Waals surface area (Å²) in [6, 6.07) is 0.164. The van der Waals surface area contributed by atoms with Gasteiger partial charge in [-0.2, -0.15) is 0 Å². The van der Waals surface area contributed by atoms with Crippen LogP contribution in [0.2, 0.25) is 0 Å². The number of nitrogens with one attached hydrogen (secondary N) is 2. The summed E-state index contributed by atoms with van der Waals surface area (Å²) in [5.41, 5.74) is 0. The van der Waals surface area contributed by atoms with E-state index in [-0.39, 0.29) is 6.03 Å². The number of urea groups is 1. The summed E-state index contributed by atoms with van der Waals surface area (Å²) < 4.78 is 0. The maximum Gasteiger partial charge on any atom is 0.315 e. The Hall–Kier alpha value is -0.770. The van der Waals surface area contributed by atoms with Gasteiger partial charge in [0.15, 0.2) is 0 Å². The van der Waals surface area contributed by atoms with Crippen LogP contribution in [0.4, 0.5) is 4.79 Å². The minimum Gasteiger partial charge on any atom is -0.391 e. The Labute approximate surface area is 97.8 Å². The second-order valence-electron chi connectivity index (χ2n) is 4.81. The second-order valence-corrected chi connectivity index (χ2v) is 4.81. The van der Waals surface area contributed by atoms with Crippen molar-refractivity contribution in [3.8, 4) is 0 Å². The van der Waals surface area contributed by atoms with E-state index in [1.54, 1.807) is 0 Å². The Kier molecular flexibility index (Phi) is 5.60. The van der Waals surface area contributed by atoms with Crippen LogP contribution in [0.5, 0.6) is 0 Å². The van der Waals surface area contributed by atoms with E-state index >= 15 is 0 Å². The van der Waals surface area contributed by atoms with Crippen molar-refractivity contribution in [1.29, 1.82) is 0 Å². The van der Waals surface area contributed by atoms with E-state index in [2.05, 4.69) is 17.6 Å². The molecule has 94 valence electrons. The number of aliphatic hydroxyl groups is 1. The van der Waals surface area contributed by atoms with E-state index in [1.165, 1.54) is 12.8 Å². The zero-order chi connectivity index (χ0) is 12.0. The van der Waals surface area contributed by atoms with Crippen molar-refractivity contribution in [2.75, 3.05) is 6.54 Å². The summed E-state index contributed by atoms with van der Waals surface area (Å²) in [4.78, 5) is 11.5. The molecule has 3 atom stereocenters. The fourth-order valence-electron chi connectivity index (χ4n) is 2.23. The third-order valence-electron chi connectivity index (χ3n) is 3.30. The van der Waals surface area contributed by atoms with Gasteiger partial charge in [-0.1, -0.05) is 26.7 Å². The Morgan fingerprint density at radius 1 is 1.50 bits per heavy atom.